The zero-order chi connectivity index (χ0) is 13.1. The second-order valence-corrected chi connectivity index (χ2v) is 6.01. The van der Waals surface area contributed by atoms with Gasteiger partial charge in [-0.2, -0.15) is 0 Å². The van der Waals surface area contributed by atoms with Crippen molar-refractivity contribution in [3.05, 3.63) is 55.4 Å². The summed E-state index contributed by atoms with van der Waals surface area (Å²) in [5, 5.41) is 2.11. The number of hydrogen-bond acceptors (Lipinski definition) is 3. The van der Waals surface area contributed by atoms with Crippen molar-refractivity contribution in [1.82, 2.24) is 5.43 Å². The largest absolute Gasteiger partial charge is 0.271 e. The van der Waals surface area contributed by atoms with Crippen molar-refractivity contribution in [2.24, 2.45) is 5.84 Å². The molecule has 0 aliphatic carbocycles. The third-order valence-electron chi connectivity index (χ3n) is 2.59. The lowest BCUT2D eigenvalue weighted by molar-refractivity contribution is 0.555. The Morgan fingerprint density at radius 3 is 2.78 bits per heavy atom. The minimum atomic E-state index is -0.407. The molecule has 3 N–H and O–H groups in total. The van der Waals surface area contributed by atoms with Crippen LogP contribution in [0.3, 0.4) is 0 Å². The first-order chi connectivity index (χ1) is 8.61. The lowest BCUT2D eigenvalue weighted by Crippen LogP contribution is -2.29. The maximum absolute atomic E-state index is 13.4. The normalized spacial score (nSPS) is 12.7. The van der Waals surface area contributed by atoms with Gasteiger partial charge in [0.15, 0.2) is 0 Å². The van der Waals surface area contributed by atoms with Crippen molar-refractivity contribution < 1.29 is 4.39 Å². The standard InChI is InChI=1S/C12H11BrClFN2S/c13-8-3-4-18-12(8)11(17-16)6-7-1-2-9(14)10(15)5-7/h1-5,11,17H,6,16H2. The molecule has 2 aromatic rings. The number of benzene rings is 1. The first-order valence-corrected chi connectivity index (χ1v) is 7.30. The maximum Gasteiger partial charge on any atom is 0.142 e. The van der Waals surface area contributed by atoms with E-state index < -0.39 is 5.82 Å². The van der Waals surface area contributed by atoms with Crippen LogP contribution in [0, 0.1) is 5.82 Å². The summed E-state index contributed by atoms with van der Waals surface area (Å²) in [6.07, 6.45) is 0.601. The SMILES string of the molecule is NNC(Cc1ccc(Cl)c(F)c1)c1sccc1Br. The van der Waals surface area contributed by atoms with Gasteiger partial charge in [0, 0.05) is 9.35 Å². The summed E-state index contributed by atoms with van der Waals surface area (Å²) >= 11 is 10.7. The molecule has 1 atom stereocenters. The molecule has 0 spiro atoms. The topological polar surface area (TPSA) is 38.0 Å². The van der Waals surface area contributed by atoms with Gasteiger partial charge in [0.1, 0.15) is 5.82 Å². The Morgan fingerprint density at radius 1 is 1.44 bits per heavy atom. The van der Waals surface area contributed by atoms with Crippen LogP contribution in [0.1, 0.15) is 16.5 Å². The summed E-state index contributed by atoms with van der Waals surface area (Å²) in [5.41, 5.74) is 3.60. The van der Waals surface area contributed by atoms with Gasteiger partial charge in [0.05, 0.1) is 11.1 Å². The van der Waals surface area contributed by atoms with E-state index in [0.29, 0.717) is 6.42 Å². The molecule has 0 saturated carbocycles. The van der Waals surface area contributed by atoms with Gasteiger partial charge in [0.2, 0.25) is 0 Å². The molecule has 2 nitrogen and oxygen atoms in total. The van der Waals surface area contributed by atoms with E-state index in [2.05, 4.69) is 21.4 Å². The molecule has 18 heavy (non-hydrogen) atoms. The Kier molecular flexibility index (Phi) is 4.75. The van der Waals surface area contributed by atoms with Crippen LogP contribution in [0.4, 0.5) is 4.39 Å². The highest BCUT2D eigenvalue weighted by atomic mass is 79.9. The van der Waals surface area contributed by atoms with Gasteiger partial charge in [-0.25, -0.2) is 4.39 Å². The number of thiophene rings is 1. The monoisotopic (exact) mass is 348 g/mol. The van der Waals surface area contributed by atoms with Crippen LogP contribution >= 0.6 is 38.9 Å². The van der Waals surface area contributed by atoms with E-state index in [1.807, 2.05) is 11.4 Å². The van der Waals surface area contributed by atoms with Crippen LogP contribution in [-0.4, -0.2) is 0 Å². The summed E-state index contributed by atoms with van der Waals surface area (Å²) in [4.78, 5) is 1.09. The van der Waals surface area contributed by atoms with E-state index in [1.54, 1.807) is 23.5 Å². The van der Waals surface area contributed by atoms with Gasteiger partial charge in [0.25, 0.3) is 0 Å². The second-order valence-electron chi connectivity index (χ2n) is 3.80. The fourth-order valence-electron chi connectivity index (χ4n) is 1.68. The average Bonchev–Trinajstić information content (AvgIpc) is 2.77. The molecule has 96 valence electrons. The molecule has 2 rings (SSSR count). The van der Waals surface area contributed by atoms with Gasteiger partial charge >= 0.3 is 0 Å². The third-order valence-corrected chi connectivity index (χ3v) is 4.88. The molecule has 0 amide bonds. The Labute approximate surface area is 122 Å². The molecule has 1 unspecified atom stereocenters. The van der Waals surface area contributed by atoms with E-state index in [4.69, 9.17) is 17.4 Å². The molecular weight excluding hydrogens is 339 g/mol. The summed E-state index contributed by atoms with van der Waals surface area (Å²) in [7, 11) is 0. The summed E-state index contributed by atoms with van der Waals surface area (Å²) < 4.78 is 14.4. The van der Waals surface area contributed by atoms with E-state index >= 15 is 0 Å². The first kappa shape index (κ1) is 14.0. The van der Waals surface area contributed by atoms with Gasteiger partial charge in [-0.15, -0.1) is 11.3 Å². The number of hydrogen-bond donors (Lipinski definition) is 2. The highest BCUT2D eigenvalue weighted by molar-refractivity contribution is 9.10. The van der Waals surface area contributed by atoms with Crippen LogP contribution in [0.25, 0.3) is 0 Å². The highest BCUT2D eigenvalue weighted by Gasteiger charge is 2.15. The number of rotatable bonds is 4. The number of nitrogens with two attached hydrogens (primary N) is 1. The summed E-state index contributed by atoms with van der Waals surface area (Å²) in [6.45, 7) is 0. The van der Waals surface area contributed by atoms with Gasteiger partial charge in [-0.1, -0.05) is 17.7 Å². The Morgan fingerprint density at radius 2 is 2.22 bits per heavy atom. The molecule has 0 radical (unpaired) electrons. The van der Waals surface area contributed by atoms with Crippen molar-refractivity contribution in [3.63, 3.8) is 0 Å². The van der Waals surface area contributed by atoms with E-state index in [0.717, 1.165) is 14.9 Å². The van der Waals surface area contributed by atoms with Gasteiger partial charge in [-0.05, 0) is 51.5 Å². The molecule has 1 aromatic heterocycles. The lowest BCUT2D eigenvalue weighted by Gasteiger charge is -2.15. The predicted molar refractivity (Wildman–Crippen MR) is 77.2 cm³/mol. The molecule has 0 aliphatic heterocycles. The van der Waals surface area contributed by atoms with Crippen LogP contribution in [0.5, 0.6) is 0 Å². The van der Waals surface area contributed by atoms with Crippen LogP contribution in [-0.2, 0) is 6.42 Å². The van der Waals surface area contributed by atoms with E-state index in [-0.39, 0.29) is 11.1 Å². The second kappa shape index (κ2) is 6.12. The van der Waals surface area contributed by atoms with Crippen molar-refractivity contribution in [2.75, 3.05) is 0 Å². The molecule has 0 aliphatic rings. The van der Waals surface area contributed by atoms with Crippen molar-refractivity contribution in [2.45, 2.75) is 12.5 Å². The van der Waals surface area contributed by atoms with Crippen LogP contribution in [0.2, 0.25) is 5.02 Å². The molecule has 1 aromatic carbocycles. The number of hydrazine groups is 1. The maximum atomic E-state index is 13.4. The highest BCUT2D eigenvalue weighted by Crippen LogP contribution is 2.31. The zero-order valence-electron chi connectivity index (χ0n) is 9.29. The number of nitrogens with one attached hydrogen (secondary N) is 1. The Balaban J connectivity index is 2.20. The lowest BCUT2D eigenvalue weighted by atomic mass is 10.1. The smallest absolute Gasteiger partial charge is 0.142 e. The van der Waals surface area contributed by atoms with E-state index in [9.17, 15) is 4.39 Å². The Bertz CT molecular complexity index is 547. The molecular formula is C12H11BrClFN2S. The average molecular weight is 350 g/mol. The van der Waals surface area contributed by atoms with Crippen molar-refractivity contribution in [1.29, 1.82) is 0 Å². The first-order valence-electron chi connectivity index (χ1n) is 5.24. The van der Waals surface area contributed by atoms with Gasteiger partial charge < -0.3 is 0 Å². The fourth-order valence-corrected chi connectivity index (χ4v) is 3.51. The Hall–Kier alpha value is -0.460. The number of halogens is 3. The molecule has 1 heterocycles. The van der Waals surface area contributed by atoms with Gasteiger partial charge in [-0.3, -0.25) is 11.3 Å². The molecule has 0 bridgehead atoms. The fraction of sp³-hybridized carbons (Fsp3) is 0.167. The molecule has 6 heteroatoms. The van der Waals surface area contributed by atoms with Crippen LogP contribution < -0.4 is 11.3 Å². The minimum absolute atomic E-state index is 0.0556. The van der Waals surface area contributed by atoms with Crippen molar-refractivity contribution >= 4 is 38.9 Å². The summed E-state index contributed by atoms with van der Waals surface area (Å²) in [5.74, 6) is 5.16. The third kappa shape index (κ3) is 3.10. The molecule has 0 fully saturated rings. The quantitative estimate of drug-likeness (QED) is 0.645. The zero-order valence-corrected chi connectivity index (χ0v) is 12.4. The van der Waals surface area contributed by atoms with E-state index in [1.165, 1.54) is 6.07 Å². The molecule has 0 saturated heterocycles. The predicted octanol–water partition coefficient (Wildman–Crippen LogP) is 4.05. The summed E-state index contributed by atoms with van der Waals surface area (Å²) in [6, 6.07) is 6.71. The van der Waals surface area contributed by atoms with Crippen LogP contribution in [0.15, 0.2) is 34.1 Å². The van der Waals surface area contributed by atoms with Crippen molar-refractivity contribution in [3.8, 4) is 0 Å². The minimum Gasteiger partial charge on any atom is -0.271 e.